The van der Waals surface area contributed by atoms with E-state index in [2.05, 4.69) is 15.1 Å². The first-order valence-corrected chi connectivity index (χ1v) is 9.76. The van der Waals surface area contributed by atoms with Gasteiger partial charge in [-0.25, -0.2) is 0 Å². The van der Waals surface area contributed by atoms with E-state index in [9.17, 15) is 4.79 Å². The second kappa shape index (κ2) is 8.87. The lowest BCUT2D eigenvalue weighted by molar-refractivity contribution is 0.0636. The zero-order chi connectivity index (χ0) is 20.1. The molecular weight excluding hydrogens is 368 g/mol. The number of ether oxygens (including phenoxy) is 1. The normalized spacial score (nSPS) is 14.7. The Morgan fingerprint density at radius 1 is 1.00 bits per heavy atom. The molecule has 0 spiro atoms. The van der Waals surface area contributed by atoms with Gasteiger partial charge in [-0.15, -0.1) is 10.2 Å². The van der Waals surface area contributed by atoms with Crippen molar-refractivity contribution >= 4 is 5.91 Å². The Morgan fingerprint density at radius 2 is 1.72 bits per heavy atom. The molecular formula is C22H24N4O3. The Morgan fingerprint density at radius 3 is 2.41 bits per heavy atom. The van der Waals surface area contributed by atoms with Gasteiger partial charge in [-0.05, 0) is 36.4 Å². The highest BCUT2D eigenvalue weighted by molar-refractivity contribution is 5.94. The minimum absolute atomic E-state index is 0.0664. The molecule has 0 bridgehead atoms. The number of piperazine rings is 1. The van der Waals surface area contributed by atoms with E-state index >= 15 is 0 Å². The molecule has 0 saturated carbocycles. The summed E-state index contributed by atoms with van der Waals surface area (Å²) in [6, 6.07) is 17.0. The van der Waals surface area contributed by atoms with Gasteiger partial charge in [-0.1, -0.05) is 18.2 Å². The van der Waals surface area contributed by atoms with Gasteiger partial charge in [0.1, 0.15) is 5.75 Å². The van der Waals surface area contributed by atoms with Crippen molar-refractivity contribution < 1.29 is 13.9 Å². The van der Waals surface area contributed by atoms with E-state index in [-0.39, 0.29) is 5.91 Å². The van der Waals surface area contributed by atoms with Crippen molar-refractivity contribution in [3.63, 3.8) is 0 Å². The highest BCUT2D eigenvalue weighted by Gasteiger charge is 2.22. The molecule has 1 aliphatic heterocycles. The molecule has 1 aromatic heterocycles. The van der Waals surface area contributed by atoms with Crippen LogP contribution in [0.15, 0.2) is 59.0 Å². The van der Waals surface area contributed by atoms with Crippen molar-refractivity contribution in [1.29, 1.82) is 0 Å². The van der Waals surface area contributed by atoms with Crippen molar-refractivity contribution in [2.45, 2.75) is 6.42 Å². The van der Waals surface area contributed by atoms with Gasteiger partial charge in [-0.3, -0.25) is 9.69 Å². The van der Waals surface area contributed by atoms with Gasteiger partial charge in [0.2, 0.25) is 11.8 Å². The number of hydrogen-bond donors (Lipinski definition) is 0. The number of aromatic nitrogens is 2. The number of benzene rings is 2. The number of rotatable bonds is 6. The summed E-state index contributed by atoms with van der Waals surface area (Å²) < 4.78 is 10.9. The first-order valence-electron chi connectivity index (χ1n) is 9.76. The maximum atomic E-state index is 12.7. The zero-order valence-electron chi connectivity index (χ0n) is 16.5. The van der Waals surface area contributed by atoms with Crippen LogP contribution in [-0.2, 0) is 6.42 Å². The monoisotopic (exact) mass is 392 g/mol. The van der Waals surface area contributed by atoms with Gasteiger partial charge >= 0.3 is 0 Å². The topological polar surface area (TPSA) is 71.7 Å². The van der Waals surface area contributed by atoms with Crippen LogP contribution in [0.3, 0.4) is 0 Å². The first-order chi connectivity index (χ1) is 14.2. The number of amides is 1. The Hall–Kier alpha value is -3.19. The lowest BCUT2D eigenvalue weighted by atomic mass is 10.1. The molecule has 7 nitrogen and oxygen atoms in total. The predicted octanol–water partition coefficient (Wildman–Crippen LogP) is 2.75. The Bertz CT molecular complexity index is 932. The number of hydrogen-bond acceptors (Lipinski definition) is 6. The summed E-state index contributed by atoms with van der Waals surface area (Å²) >= 11 is 0. The minimum atomic E-state index is 0.0664. The lowest BCUT2D eigenvalue weighted by Crippen LogP contribution is -2.49. The van der Waals surface area contributed by atoms with Crippen LogP contribution in [0.2, 0.25) is 0 Å². The molecule has 7 heteroatoms. The summed E-state index contributed by atoms with van der Waals surface area (Å²) in [6.07, 6.45) is 0.701. The molecule has 3 aromatic rings. The van der Waals surface area contributed by atoms with Crippen LogP contribution in [-0.4, -0.2) is 65.7 Å². The van der Waals surface area contributed by atoms with Crippen LogP contribution in [0.4, 0.5) is 0 Å². The summed E-state index contributed by atoms with van der Waals surface area (Å²) in [5.41, 5.74) is 1.62. The number of carbonyl (C=O) groups excluding carboxylic acids is 1. The van der Waals surface area contributed by atoms with E-state index < -0.39 is 0 Å². The molecule has 2 heterocycles. The third-order valence-electron chi connectivity index (χ3n) is 5.13. The highest BCUT2D eigenvalue weighted by atomic mass is 16.5. The van der Waals surface area contributed by atoms with E-state index in [1.807, 2.05) is 59.5 Å². The SMILES string of the molecule is COc1ccc(C(=O)N2CCN(CCc3nnc(-c4ccccc4)o3)CC2)cc1. The third kappa shape index (κ3) is 4.63. The van der Waals surface area contributed by atoms with Gasteiger partial charge in [0.25, 0.3) is 5.91 Å². The quantitative estimate of drug-likeness (QED) is 0.642. The molecule has 0 atom stereocenters. The van der Waals surface area contributed by atoms with E-state index in [1.165, 1.54) is 0 Å². The smallest absolute Gasteiger partial charge is 0.253 e. The van der Waals surface area contributed by atoms with Crippen LogP contribution < -0.4 is 4.74 Å². The average Bonchev–Trinajstić information content (AvgIpc) is 3.27. The second-order valence-corrected chi connectivity index (χ2v) is 6.98. The molecule has 0 unspecified atom stereocenters. The maximum Gasteiger partial charge on any atom is 0.253 e. The van der Waals surface area contributed by atoms with Crippen LogP contribution >= 0.6 is 0 Å². The molecule has 1 amide bonds. The van der Waals surface area contributed by atoms with E-state index in [0.717, 1.165) is 30.9 Å². The predicted molar refractivity (Wildman–Crippen MR) is 109 cm³/mol. The fourth-order valence-electron chi connectivity index (χ4n) is 3.40. The zero-order valence-corrected chi connectivity index (χ0v) is 16.5. The summed E-state index contributed by atoms with van der Waals surface area (Å²) in [5, 5.41) is 8.29. The number of carbonyl (C=O) groups is 1. The molecule has 1 saturated heterocycles. The molecule has 2 aromatic carbocycles. The van der Waals surface area contributed by atoms with Gasteiger partial charge in [0.05, 0.1) is 7.11 Å². The van der Waals surface area contributed by atoms with E-state index in [4.69, 9.17) is 9.15 Å². The van der Waals surface area contributed by atoms with Crippen LogP contribution in [0.5, 0.6) is 5.75 Å². The van der Waals surface area contributed by atoms with Gasteiger partial charge in [-0.2, -0.15) is 0 Å². The molecule has 1 fully saturated rings. The Kier molecular flexibility index (Phi) is 5.86. The minimum Gasteiger partial charge on any atom is -0.497 e. The summed E-state index contributed by atoms with van der Waals surface area (Å²) in [7, 11) is 1.62. The summed E-state index contributed by atoms with van der Waals surface area (Å²) in [4.78, 5) is 16.9. The molecule has 0 radical (unpaired) electrons. The average molecular weight is 392 g/mol. The highest BCUT2D eigenvalue weighted by Crippen LogP contribution is 2.18. The Labute approximate surface area is 169 Å². The van der Waals surface area contributed by atoms with Crippen molar-refractivity contribution in [3.8, 4) is 17.2 Å². The van der Waals surface area contributed by atoms with Crippen LogP contribution in [0.25, 0.3) is 11.5 Å². The molecule has 0 aliphatic carbocycles. The van der Waals surface area contributed by atoms with Crippen molar-refractivity contribution in [1.82, 2.24) is 20.0 Å². The standard InChI is InChI=1S/C22H24N4O3/c1-28-19-9-7-18(8-10-19)22(27)26-15-13-25(14-16-26)12-11-20-23-24-21(29-20)17-5-3-2-4-6-17/h2-10H,11-16H2,1H3. The van der Waals surface area contributed by atoms with E-state index in [1.54, 1.807) is 7.11 Å². The fourth-order valence-corrected chi connectivity index (χ4v) is 3.40. The molecule has 29 heavy (non-hydrogen) atoms. The third-order valence-corrected chi connectivity index (χ3v) is 5.13. The van der Waals surface area contributed by atoms with Crippen molar-refractivity contribution in [2.75, 3.05) is 39.8 Å². The summed E-state index contributed by atoms with van der Waals surface area (Å²) in [5.74, 6) is 2.01. The van der Waals surface area contributed by atoms with Crippen molar-refractivity contribution in [2.24, 2.45) is 0 Å². The first kappa shape index (κ1) is 19.1. The van der Waals surface area contributed by atoms with Crippen LogP contribution in [0.1, 0.15) is 16.2 Å². The number of nitrogens with zero attached hydrogens (tertiary/aromatic N) is 4. The molecule has 150 valence electrons. The summed E-state index contributed by atoms with van der Waals surface area (Å²) in [6.45, 7) is 3.93. The van der Waals surface area contributed by atoms with E-state index in [0.29, 0.717) is 36.9 Å². The maximum absolute atomic E-state index is 12.7. The van der Waals surface area contributed by atoms with Gasteiger partial charge in [0.15, 0.2) is 0 Å². The van der Waals surface area contributed by atoms with Crippen molar-refractivity contribution in [3.05, 3.63) is 66.1 Å². The van der Waals surface area contributed by atoms with Gasteiger partial charge < -0.3 is 14.1 Å². The molecule has 1 aliphatic rings. The second-order valence-electron chi connectivity index (χ2n) is 6.98. The lowest BCUT2D eigenvalue weighted by Gasteiger charge is -2.34. The van der Waals surface area contributed by atoms with Gasteiger partial charge in [0, 0.05) is 50.3 Å². The Balaban J connectivity index is 1.26. The largest absolute Gasteiger partial charge is 0.497 e. The fraction of sp³-hybridized carbons (Fsp3) is 0.318. The van der Waals surface area contributed by atoms with Crippen LogP contribution in [0, 0.1) is 0 Å². The molecule has 4 rings (SSSR count). The number of methoxy groups -OCH3 is 1. The molecule has 0 N–H and O–H groups in total.